The van der Waals surface area contributed by atoms with E-state index in [2.05, 4.69) is 25.6 Å². The number of rotatable bonds is 7. The maximum Gasteiger partial charge on any atom is 0.340 e. The molecule has 8 heteroatoms. The summed E-state index contributed by atoms with van der Waals surface area (Å²) in [6, 6.07) is 12.0. The molecule has 3 aromatic rings. The number of aryl methyl sites for hydroxylation is 1. The Morgan fingerprint density at radius 1 is 1.10 bits per heavy atom. The molecular weight excluding hydrogens is 370 g/mol. The number of hydrogen-bond acceptors (Lipinski definition) is 7. The van der Waals surface area contributed by atoms with Crippen LogP contribution in [0.25, 0.3) is 0 Å². The number of nitrogens with zero attached hydrogens (tertiary/aromatic N) is 3. The van der Waals surface area contributed by atoms with E-state index in [9.17, 15) is 9.59 Å². The zero-order chi connectivity index (χ0) is 20.6. The Bertz CT molecular complexity index is 1010. The fourth-order valence-electron chi connectivity index (χ4n) is 2.61. The van der Waals surface area contributed by atoms with Crippen molar-refractivity contribution in [2.45, 2.75) is 20.4 Å². The summed E-state index contributed by atoms with van der Waals surface area (Å²) < 4.78 is 5.04. The predicted octanol–water partition coefficient (Wildman–Crippen LogP) is 3.22. The molecule has 1 aromatic carbocycles. The molecule has 0 saturated carbocycles. The molecule has 0 aliphatic rings. The average molecular weight is 391 g/mol. The first-order valence-corrected chi connectivity index (χ1v) is 9.12. The van der Waals surface area contributed by atoms with E-state index < -0.39 is 11.9 Å². The fraction of sp³-hybridized carbons (Fsp3) is 0.190. The van der Waals surface area contributed by atoms with E-state index in [1.54, 1.807) is 56.6 Å². The van der Waals surface area contributed by atoms with Crippen LogP contribution in [0.2, 0.25) is 0 Å². The Balaban J connectivity index is 1.76. The first kappa shape index (κ1) is 19.9. The summed E-state index contributed by atoms with van der Waals surface area (Å²) in [6.45, 7) is 4.23. The highest BCUT2D eigenvalue weighted by molar-refractivity contribution is 6.07. The highest BCUT2D eigenvalue weighted by atomic mass is 16.5. The minimum Gasteiger partial charge on any atom is -0.462 e. The summed E-state index contributed by atoms with van der Waals surface area (Å²) in [6.07, 6.45) is 3.44. The molecule has 29 heavy (non-hydrogen) atoms. The van der Waals surface area contributed by atoms with Gasteiger partial charge in [-0.1, -0.05) is 18.2 Å². The van der Waals surface area contributed by atoms with Gasteiger partial charge in [0.05, 0.1) is 17.9 Å². The van der Waals surface area contributed by atoms with Crippen LogP contribution in [0, 0.1) is 6.92 Å². The third-order valence-corrected chi connectivity index (χ3v) is 3.93. The van der Waals surface area contributed by atoms with Gasteiger partial charge in [0.2, 0.25) is 5.95 Å². The van der Waals surface area contributed by atoms with Crippen LogP contribution >= 0.6 is 0 Å². The molecule has 0 aliphatic carbocycles. The van der Waals surface area contributed by atoms with Gasteiger partial charge in [0.15, 0.2) is 0 Å². The molecule has 0 atom stereocenters. The average Bonchev–Trinajstić information content (AvgIpc) is 2.73. The van der Waals surface area contributed by atoms with E-state index in [1.807, 2.05) is 12.1 Å². The van der Waals surface area contributed by atoms with Gasteiger partial charge in [-0.3, -0.25) is 9.78 Å². The summed E-state index contributed by atoms with van der Waals surface area (Å²) in [5, 5.41) is 5.82. The van der Waals surface area contributed by atoms with Crippen LogP contribution in [0.15, 0.2) is 54.9 Å². The molecule has 1 amide bonds. The number of pyridine rings is 1. The molecule has 0 bridgehead atoms. The second kappa shape index (κ2) is 9.41. The van der Waals surface area contributed by atoms with Crippen LogP contribution in [0.1, 0.15) is 39.0 Å². The minimum absolute atomic E-state index is 0.185. The first-order chi connectivity index (χ1) is 14.1. The zero-order valence-electron chi connectivity index (χ0n) is 16.2. The quantitative estimate of drug-likeness (QED) is 0.596. The first-order valence-electron chi connectivity index (χ1n) is 9.12. The van der Waals surface area contributed by atoms with Crippen LogP contribution < -0.4 is 10.6 Å². The second-order valence-corrected chi connectivity index (χ2v) is 6.15. The normalized spacial score (nSPS) is 10.3. The third kappa shape index (κ3) is 5.35. The van der Waals surface area contributed by atoms with E-state index >= 15 is 0 Å². The summed E-state index contributed by atoms with van der Waals surface area (Å²) in [4.78, 5) is 37.5. The number of aromatic nitrogens is 3. The molecule has 0 fully saturated rings. The topological polar surface area (TPSA) is 106 Å². The summed E-state index contributed by atoms with van der Waals surface area (Å²) in [5.74, 6) is -0.615. The zero-order valence-corrected chi connectivity index (χ0v) is 16.2. The molecular formula is C21H21N5O3. The molecule has 0 spiro atoms. The van der Waals surface area contributed by atoms with Gasteiger partial charge in [0.1, 0.15) is 5.69 Å². The lowest BCUT2D eigenvalue weighted by Gasteiger charge is -2.11. The number of nitrogens with one attached hydrogen (secondary N) is 2. The molecule has 2 N–H and O–H groups in total. The lowest BCUT2D eigenvalue weighted by Crippen LogP contribution is -2.18. The van der Waals surface area contributed by atoms with Crippen molar-refractivity contribution in [3.8, 4) is 0 Å². The predicted molar refractivity (Wildman–Crippen MR) is 109 cm³/mol. The summed E-state index contributed by atoms with van der Waals surface area (Å²) in [5.41, 5.74) is 2.43. The van der Waals surface area contributed by atoms with Gasteiger partial charge in [-0.05, 0) is 43.7 Å². The van der Waals surface area contributed by atoms with Crippen molar-refractivity contribution < 1.29 is 14.3 Å². The molecule has 0 aliphatic heterocycles. The second-order valence-electron chi connectivity index (χ2n) is 6.15. The standard InChI is InChI=1S/C21H21N5O3/c1-3-29-20(28)16-8-4-5-9-17(16)25-19(27)18-11-14(2)24-21(26-18)23-13-15-7-6-10-22-12-15/h4-12H,3,13H2,1-2H3,(H,25,27)(H,23,24,26). The number of benzene rings is 1. The lowest BCUT2D eigenvalue weighted by atomic mass is 10.1. The minimum atomic E-state index is -0.499. The maximum atomic E-state index is 12.7. The van der Waals surface area contributed by atoms with Gasteiger partial charge in [-0.2, -0.15) is 0 Å². The Hall–Kier alpha value is -3.81. The molecule has 2 aromatic heterocycles. The fourth-order valence-corrected chi connectivity index (χ4v) is 2.61. The number of para-hydroxylation sites is 1. The molecule has 2 heterocycles. The largest absolute Gasteiger partial charge is 0.462 e. The maximum absolute atomic E-state index is 12.7. The molecule has 3 rings (SSSR count). The summed E-state index contributed by atoms with van der Waals surface area (Å²) >= 11 is 0. The van der Waals surface area contributed by atoms with Crippen molar-refractivity contribution in [1.82, 2.24) is 15.0 Å². The van der Waals surface area contributed by atoms with Crippen LogP contribution in [0.5, 0.6) is 0 Å². The number of hydrogen-bond donors (Lipinski definition) is 2. The van der Waals surface area contributed by atoms with E-state index in [1.165, 1.54) is 0 Å². The van der Waals surface area contributed by atoms with Crippen LogP contribution in [-0.4, -0.2) is 33.4 Å². The van der Waals surface area contributed by atoms with E-state index in [-0.39, 0.29) is 17.9 Å². The van der Waals surface area contributed by atoms with Crippen molar-refractivity contribution in [3.63, 3.8) is 0 Å². The van der Waals surface area contributed by atoms with Crippen molar-refractivity contribution in [3.05, 3.63) is 77.4 Å². The van der Waals surface area contributed by atoms with E-state index in [4.69, 9.17) is 4.74 Å². The SMILES string of the molecule is CCOC(=O)c1ccccc1NC(=O)c1cc(C)nc(NCc2cccnc2)n1. The summed E-state index contributed by atoms with van der Waals surface area (Å²) in [7, 11) is 0. The Labute approximate surface area is 168 Å². The molecule has 148 valence electrons. The van der Waals surface area contributed by atoms with E-state index in [0.717, 1.165) is 5.56 Å². The van der Waals surface area contributed by atoms with Crippen LogP contribution in [0.4, 0.5) is 11.6 Å². The van der Waals surface area contributed by atoms with Gasteiger partial charge in [0.25, 0.3) is 5.91 Å². The molecule has 8 nitrogen and oxygen atoms in total. The smallest absolute Gasteiger partial charge is 0.340 e. The van der Waals surface area contributed by atoms with Crippen molar-refractivity contribution in [1.29, 1.82) is 0 Å². The van der Waals surface area contributed by atoms with Gasteiger partial charge in [-0.25, -0.2) is 14.8 Å². The van der Waals surface area contributed by atoms with Gasteiger partial charge >= 0.3 is 5.97 Å². The van der Waals surface area contributed by atoms with Gasteiger partial charge < -0.3 is 15.4 Å². The van der Waals surface area contributed by atoms with Crippen molar-refractivity contribution >= 4 is 23.5 Å². The molecule has 0 unspecified atom stereocenters. The number of esters is 1. The van der Waals surface area contributed by atoms with Crippen LogP contribution in [0.3, 0.4) is 0 Å². The Morgan fingerprint density at radius 2 is 1.93 bits per heavy atom. The van der Waals surface area contributed by atoms with E-state index in [0.29, 0.717) is 23.9 Å². The van der Waals surface area contributed by atoms with Crippen LogP contribution in [-0.2, 0) is 11.3 Å². The number of anilines is 2. The Kier molecular flexibility index (Phi) is 6.47. The van der Waals surface area contributed by atoms with Crippen molar-refractivity contribution in [2.24, 2.45) is 0 Å². The van der Waals surface area contributed by atoms with Crippen molar-refractivity contribution in [2.75, 3.05) is 17.2 Å². The molecule has 0 radical (unpaired) electrons. The number of carbonyl (C=O) groups is 2. The monoisotopic (exact) mass is 391 g/mol. The Morgan fingerprint density at radius 3 is 2.69 bits per heavy atom. The number of amides is 1. The van der Waals surface area contributed by atoms with Gasteiger partial charge in [0, 0.05) is 24.6 Å². The number of ether oxygens (including phenoxy) is 1. The third-order valence-electron chi connectivity index (χ3n) is 3.93. The number of carbonyl (C=O) groups excluding carboxylic acids is 2. The molecule has 0 saturated heterocycles. The lowest BCUT2D eigenvalue weighted by molar-refractivity contribution is 0.0527. The van der Waals surface area contributed by atoms with Gasteiger partial charge in [-0.15, -0.1) is 0 Å². The highest BCUT2D eigenvalue weighted by Crippen LogP contribution is 2.18. The highest BCUT2D eigenvalue weighted by Gasteiger charge is 2.16.